The SMILES string of the molecule is CCN1CCN(S(=O)(=O)c2cc([N+](=O)[O-])cc([N+](=O)[O-])c2)CC1. The molecule has 1 aliphatic heterocycles. The van der Waals surface area contributed by atoms with Crippen molar-refractivity contribution in [1.82, 2.24) is 9.21 Å². The third-order valence-electron chi connectivity index (χ3n) is 3.71. The lowest BCUT2D eigenvalue weighted by atomic mass is 10.3. The van der Waals surface area contributed by atoms with Crippen LogP contribution in [0.2, 0.25) is 0 Å². The van der Waals surface area contributed by atoms with Crippen LogP contribution in [0.1, 0.15) is 6.92 Å². The summed E-state index contributed by atoms with van der Waals surface area (Å²) < 4.78 is 26.4. The van der Waals surface area contributed by atoms with E-state index in [2.05, 4.69) is 4.90 Å². The third-order valence-corrected chi connectivity index (χ3v) is 5.59. The lowest BCUT2D eigenvalue weighted by molar-refractivity contribution is -0.394. The standard InChI is InChI=1S/C12H16N4O6S/c1-2-13-3-5-14(6-4-13)23(21,22)12-8-10(15(17)18)7-11(9-12)16(19)20/h7-9H,2-6H2,1H3. The van der Waals surface area contributed by atoms with Gasteiger partial charge in [0.2, 0.25) is 10.0 Å². The highest BCUT2D eigenvalue weighted by molar-refractivity contribution is 7.89. The molecule has 0 bridgehead atoms. The minimum Gasteiger partial charge on any atom is -0.301 e. The number of nitro benzene ring substituents is 2. The first-order valence-corrected chi connectivity index (χ1v) is 8.36. The molecule has 1 heterocycles. The van der Waals surface area contributed by atoms with Gasteiger partial charge in [0.1, 0.15) is 0 Å². The van der Waals surface area contributed by atoms with Gasteiger partial charge in [-0.3, -0.25) is 20.2 Å². The smallest absolute Gasteiger partial charge is 0.277 e. The second-order valence-corrected chi connectivity index (χ2v) is 6.98. The molecule has 0 atom stereocenters. The zero-order valence-electron chi connectivity index (χ0n) is 12.4. The molecule has 0 amide bonds. The van der Waals surface area contributed by atoms with E-state index in [1.807, 2.05) is 6.92 Å². The van der Waals surface area contributed by atoms with Crippen LogP contribution in [0.5, 0.6) is 0 Å². The maximum atomic E-state index is 12.6. The molecule has 0 aliphatic carbocycles. The van der Waals surface area contributed by atoms with E-state index >= 15 is 0 Å². The van der Waals surface area contributed by atoms with Gasteiger partial charge in [-0.25, -0.2) is 8.42 Å². The Bertz CT molecular complexity index is 695. The lowest BCUT2D eigenvalue weighted by Gasteiger charge is -2.33. The van der Waals surface area contributed by atoms with Crippen molar-refractivity contribution < 1.29 is 18.3 Å². The summed E-state index contributed by atoms with van der Waals surface area (Å²) >= 11 is 0. The molecule has 11 heteroatoms. The van der Waals surface area contributed by atoms with Gasteiger partial charge in [0.25, 0.3) is 11.4 Å². The summed E-state index contributed by atoms with van der Waals surface area (Å²) in [6.45, 7) is 4.35. The normalized spacial score (nSPS) is 17.1. The quantitative estimate of drug-likeness (QED) is 0.571. The number of hydrogen-bond acceptors (Lipinski definition) is 7. The molecule has 126 valence electrons. The van der Waals surface area contributed by atoms with Crippen molar-refractivity contribution in [2.75, 3.05) is 32.7 Å². The fourth-order valence-corrected chi connectivity index (χ4v) is 3.84. The Morgan fingerprint density at radius 1 is 1.00 bits per heavy atom. The average molecular weight is 344 g/mol. The second kappa shape index (κ2) is 6.56. The number of nitrogens with zero attached hydrogens (tertiary/aromatic N) is 4. The Labute approximate surface area is 132 Å². The first-order valence-electron chi connectivity index (χ1n) is 6.92. The van der Waals surface area contributed by atoms with Crippen LogP contribution in [0.4, 0.5) is 11.4 Å². The van der Waals surface area contributed by atoms with Crippen molar-refractivity contribution in [2.24, 2.45) is 0 Å². The number of non-ortho nitro benzene ring substituents is 2. The summed E-state index contributed by atoms with van der Waals surface area (Å²) in [6.07, 6.45) is 0. The van der Waals surface area contributed by atoms with Gasteiger partial charge < -0.3 is 4.90 Å². The van der Waals surface area contributed by atoms with Crippen molar-refractivity contribution in [3.63, 3.8) is 0 Å². The molecule has 0 saturated carbocycles. The third kappa shape index (κ3) is 3.63. The Hall–Kier alpha value is -2.11. The number of rotatable bonds is 5. The van der Waals surface area contributed by atoms with Crippen LogP contribution in [-0.4, -0.2) is 60.2 Å². The van der Waals surface area contributed by atoms with Crippen LogP contribution < -0.4 is 0 Å². The van der Waals surface area contributed by atoms with E-state index in [1.54, 1.807) is 0 Å². The molecule has 0 radical (unpaired) electrons. The first-order chi connectivity index (χ1) is 10.8. The zero-order valence-corrected chi connectivity index (χ0v) is 13.2. The Kier molecular flexibility index (Phi) is 4.92. The first kappa shape index (κ1) is 17.2. The highest BCUT2D eigenvalue weighted by Crippen LogP contribution is 2.27. The molecule has 0 unspecified atom stereocenters. The van der Waals surface area contributed by atoms with Crippen molar-refractivity contribution in [1.29, 1.82) is 0 Å². The summed E-state index contributed by atoms with van der Waals surface area (Å²) in [5, 5.41) is 21.8. The van der Waals surface area contributed by atoms with Gasteiger partial charge >= 0.3 is 0 Å². The highest BCUT2D eigenvalue weighted by atomic mass is 32.2. The van der Waals surface area contributed by atoms with Crippen LogP contribution >= 0.6 is 0 Å². The largest absolute Gasteiger partial charge is 0.301 e. The second-order valence-electron chi connectivity index (χ2n) is 5.04. The van der Waals surface area contributed by atoms with E-state index < -0.39 is 36.1 Å². The van der Waals surface area contributed by atoms with Gasteiger partial charge in [-0.2, -0.15) is 4.31 Å². The Morgan fingerprint density at radius 3 is 1.87 bits per heavy atom. The minimum atomic E-state index is -4.01. The number of piperazine rings is 1. The van der Waals surface area contributed by atoms with Crippen LogP contribution in [0.25, 0.3) is 0 Å². The fourth-order valence-electron chi connectivity index (χ4n) is 2.36. The average Bonchev–Trinajstić information content (AvgIpc) is 2.54. The van der Waals surface area contributed by atoms with Gasteiger partial charge in [0, 0.05) is 38.3 Å². The van der Waals surface area contributed by atoms with E-state index in [0.29, 0.717) is 13.1 Å². The molecule has 2 rings (SSSR count). The molecule has 1 saturated heterocycles. The van der Waals surface area contributed by atoms with Crippen molar-refractivity contribution in [2.45, 2.75) is 11.8 Å². The molecule has 0 spiro atoms. The highest BCUT2D eigenvalue weighted by Gasteiger charge is 2.31. The predicted molar refractivity (Wildman–Crippen MR) is 80.6 cm³/mol. The van der Waals surface area contributed by atoms with Crippen LogP contribution in [0, 0.1) is 20.2 Å². The molecule has 10 nitrogen and oxygen atoms in total. The van der Waals surface area contributed by atoms with E-state index in [-0.39, 0.29) is 13.1 Å². The van der Waals surface area contributed by atoms with Gasteiger partial charge in [0.15, 0.2) is 0 Å². The number of sulfonamides is 1. The summed E-state index contributed by atoms with van der Waals surface area (Å²) in [7, 11) is -4.01. The Morgan fingerprint density at radius 2 is 1.48 bits per heavy atom. The zero-order chi connectivity index (χ0) is 17.2. The lowest BCUT2D eigenvalue weighted by Crippen LogP contribution is -2.48. The number of hydrogen-bond donors (Lipinski definition) is 0. The van der Waals surface area contributed by atoms with E-state index in [4.69, 9.17) is 0 Å². The van der Waals surface area contributed by atoms with E-state index in [0.717, 1.165) is 24.7 Å². The molecule has 0 N–H and O–H groups in total. The Balaban J connectivity index is 2.39. The monoisotopic (exact) mass is 344 g/mol. The molecule has 23 heavy (non-hydrogen) atoms. The summed E-state index contributed by atoms with van der Waals surface area (Å²) in [5.74, 6) is 0. The number of benzene rings is 1. The van der Waals surface area contributed by atoms with Gasteiger partial charge in [-0.05, 0) is 6.54 Å². The molecule has 1 aliphatic rings. The van der Waals surface area contributed by atoms with Crippen LogP contribution in [-0.2, 0) is 10.0 Å². The minimum absolute atomic E-state index is 0.243. The molecule has 1 aromatic carbocycles. The topological polar surface area (TPSA) is 127 Å². The van der Waals surface area contributed by atoms with Gasteiger partial charge in [-0.15, -0.1) is 0 Å². The van der Waals surface area contributed by atoms with Crippen molar-refractivity contribution in [3.8, 4) is 0 Å². The molecule has 1 fully saturated rings. The fraction of sp³-hybridized carbons (Fsp3) is 0.500. The van der Waals surface area contributed by atoms with Crippen LogP contribution in [0.3, 0.4) is 0 Å². The van der Waals surface area contributed by atoms with Crippen LogP contribution in [0.15, 0.2) is 23.1 Å². The van der Waals surface area contributed by atoms with Gasteiger partial charge in [0.05, 0.1) is 20.8 Å². The summed E-state index contributed by atoms with van der Waals surface area (Å²) in [4.78, 5) is 21.7. The maximum Gasteiger partial charge on any atom is 0.277 e. The van der Waals surface area contributed by atoms with Crippen molar-refractivity contribution in [3.05, 3.63) is 38.4 Å². The molecular weight excluding hydrogens is 328 g/mol. The molecule has 0 aromatic heterocycles. The summed E-state index contributed by atoms with van der Waals surface area (Å²) in [6, 6.07) is 2.46. The van der Waals surface area contributed by atoms with E-state index in [9.17, 15) is 28.6 Å². The molecule has 1 aromatic rings. The number of nitro groups is 2. The van der Waals surface area contributed by atoms with Gasteiger partial charge in [-0.1, -0.05) is 6.92 Å². The van der Waals surface area contributed by atoms with Crippen molar-refractivity contribution >= 4 is 21.4 Å². The number of likely N-dealkylation sites (N-methyl/N-ethyl adjacent to an activating group) is 1. The molecular formula is C12H16N4O6S. The summed E-state index contributed by atoms with van der Waals surface area (Å²) in [5.41, 5.74) is -1.24. The van der Waals surface area contributed by atoms with E-state index in [1.165, 1.54) is 4.31 Å². The predicted octanol–water partition coefficient (Wildman–Crippen LogP) is 0.829. The maximum absolute atomic E-state index is 12.6.